The van der Waals surface area contributed by atoms with Crippen LogP contribution in [0.1, 0.15) is 42.8 Å². The number of likely N-dealkylation sites (N-methyl/N-ethyl adjacent to an activating group) is 1. The van der Waals surface area contributed by atoms with Gasteiger partial charge in [-0.15, -0.1) is 0 Å². The number of methoxy groups -OCH3 is 1. The number of nitro groups is 1. The predicted octanol–water partition coefficient (Wildman–Crippen LogP) is 5.23. The highest BCUT2D eigenvalue weighted by Crippen LogP contribution is 2.41. The number of benzene rings is 2. The number of ether oxygens (including phenoxy) is 2. The molecule has 0 amide bonds. The molecule has 0 bridgehead atoms. The van der Waals surface area contributed by atoms with Crippen LogP contribution in [-0.4, -0.2) is 48.2 Å². The van der Waals surface area contributed by atoms with E-state index in [4.69, 9.17) is 13.9 Å². The van der Waals surface area contributed by atoms with E-state index in [2.05, 4.69) is 4.99 Å². The van der Waals surface area contributed by atoms with Crippen molar-refractivity contribution in [1.82, 2.24) is 4.90 Å². The molecule has 1 aromatic heterocycles. The Morgan fingerprint density at radius 3 is 2.50 bits per heavy atom. The quantitative estimate of drug-likeness (QED) is 0.193. The van der Waals surface area contributed by atoms with Gasteiger partial charge in [0.05, 0.1) is 23.9 Å². The van der Waals surface area contributed by atoms with Crippen molar-refractivity contribution in [1.29, 1.82) is 0 Å². The van der Waals surface area contributed by atoms with Crippen molar-refractivity contribution >= 4 is 23.3 Å². The van der Waals surface area contributed by atoms with E-state index in [0.717, 1.165) is 5.56 Å². The monoisotopic (exact) mass is 545 g/mol. The summed E-state index contributed by atoms with van der Waals surface area (Å²) in [5.74, 6) is -2.73. The Kier molecular flexibility index (Phi) is 8.90. The molecular weight excluding hydrogens is 514 g/mol. The molecule has 3 unspecified atom stereocenters. The number of aliphatic imine (C=N–C) groups is 1. The molecule has 1 aliphatic rings. The maximum Gasteiger partial charge on any atom is 0.337 e. The standard InChI is InChI=1S/C30H31N3O7/c1-19-26(29(34)38-4)28(22-12-8-13-23(16-22)33(36)37)27(20(2)31-19)30(35)40-25(24-14-9-15-39-24)18-32(3)17-21-10-6-5-7-11-21/h5-16,25-26,28H,17-18H2,1-4H3. The first-order valence-corrected chi connectivity index (χ1v) is 12.7. The van der Waals surface area contributed by atoms with Gasteiger partial charge in [-0.2, -0.15) is 0 Å². The highest BCUT2D eigenvalue weighted by molar-refractivity contribution is 6.07. The van der Waals surface area contributed by atoms with Crippen LogP contribution in [0.15, 0.2) is 93.7 Å². The van der Waals surface area contributed by atoms with Gasteiger partial charge in [-0.05, 0) is 44.2 Å². The zero-order valence-electron chi connectivity index (χ0n) is 22.8. The predicted molar refractivity (Wildman–Crippen MR) is 147 cm³/mol. The lowest BCUT2D eigenvalue weighted by Crippen LogP contribution is -2.37. The highest BCUT2D eigenvalue weighted by Gasteiger charge is 2.43. The molecule has 2 aromatic carbocycles. The molecule has 1 aliphatic heterocycles. The fourth-order valence-corrected chi connectivity index (χ4v) is 5.02. The van der Waals surface area contributed by atoms with E-state index in [0.29, 0.717) is 35.8 Å². The van der Waals surface area contributed by atoms with Gasteiger partial charge in [0.2, 0.25) is 0 Å². The Morgan fingerprint density at radius 2 is 1.85 bits per heavy atom. The summed E-state index contributed by atoms with van der Waals surface area (Å²) >= 11 is 0. The Morgan fingerprint density at radius 1 is 1.10 bits per heavy atom. The van der Waals surface area contributed by atoms with Gasteiger partial charge in [-0.3, -0.25) is 24.8 Å². The van der Waals surface area contributed by atoms with Gasteiger partial charge in [0, 0.05) is 42.5 Å². The number of non-ortho nitro benzene ring substituents is 1. The van der Waals surface area contributed by atoms with Gasteiger partial charge < -0.3 is 13.9 Å². The maximum absolute atomic E-state index is 13.9. The number of nitro benzene ring substituents is 1. The van der Waals surface area contributed by atoms with Crippen molar-refractivity contribution in [3.05, 3.63) is 111 Å². The van der Waals surface area contributed by atoms with Crippen molar-refractivity contribution in [3.8, 4) is 0 Å². The van der Waals surface area contributed by atoms with Crippen LogP contribution < -0.4 is 0 Å². The number of nitrogens with zero attached hydrogens (tertiary/aromatic N) is 3. The van der Waals surface area contributed by atoms with Gasteiger partial charge in [0.25, 0.3) is 5.69 Å². The number of carbonyl (C=O) groups excluding carboxylic acids is 2. The summed E-state index contributed by atoms with van der Waals surface area (Å²) in [5.41, 5.74) is 2.25. The number of carbonyl (C=O) groups is 2. The van der Waals surface area contributed by atoms with Crippen molar-refractivity contribution in [3.63, 3.8) is 0 Å². The minimum Gasteiger partial charge on any atom is -0.468 e. The van der Waals surface area contributed by atoms with E-state index in [1.807, 2.05) is 42.3 Å². The average Bonchev–Trinajstić information content (AvgIpc) is 3.47. The molecule has 0 N–H and O–H groups in total. The molecule has 208 valence electrons. The summed E-state index contributed by atoms with van der Waals surface area (Å²) < 4.78 is 16.7. The van der Waals surface area contributed by atoms with E-state index in [1.165, 1.54) is 31.6 Å². The highest BCUT2D eigenvalue weighted by atomic mass is 16.6. The molecule has 0 spiro atoms. The van der Waals surface area contributed by atoms with Crippen LogP contribution >= 0.6 is 0 Å². The third-order valence-corrected chi connectivity index (χ3v) is 6.83. The number of esters is 2. The SMILES string of the molecule is COC(=O)C1C(C)=NC(C)=C(C(=O)OC(CN(C)Cc2ccccc2)c2ccco2)C1c1cccc([N+](=O)[O-])c1. The number of rotatable bonds is 10. The topological polar surface area (TPSA) is 124 Å². The first-order valence-electron chi connectivity index (χ1n) is 12.7. The number of hydrogen-bond donors (Lipinski definition) is 0. The lowest BCUT2D eigenvalue weighted by atomic mass is 9.75. The van der Waals surface area contributed by atoms with Crippen molar-refractivity contribution in [2.24, 2.45) is 10.9 Å². The smallest absolute Gasteiger partial charge is 0.337 e. The molecule has 0 fully saturated rings. The first kappa shape index (κ1) is 28.4. The van der Waals surface area contributed by atoms with Gasteiger partial charge in [-0.1, -0.05) is 42.5 Å². The van der Waals surface area contributed by atoms with Gasteiger partial charge in [0.1, 0.15) is 11.7 Å². The Hall–Kier alpha value is -4.57. The molecule has 2 heterocycles. The molecule has 10 heteroatoms. The molecular formula is C30H31N3O7. The molecule has 3 aromatic rings. The molecule has 3 atom stereocenters. The molecule has 0 saturated heterocycles. The van der Waals surface area contributed by atoms with Crippen LogP contribution in [0.5, 0.6) is 0 Å². The largest absolute Gasteiger partial charge is 0.468 e. The second-order valence-corrected chi connectivity index (χ2v) is 9.67. The second-order valence-electron chi connectivity index (χ2n) is 9.67. The fraction of sp³-hybridized carbons (Fsp3) is 0.300. The van der Waals surface area contributed by atoms with Crippen molar-refractivity contribution in [2.45, 2.75) is 32.4 Å². The first-order chi connectivity index (χ1) is 19.2. The molecule has 40 heavy (non-hydrogen) atoms. The molecule has 10 nitrogen and oxygen atoms in total. The Balaban J connectivity index is 1.69. The van der Waals surface area contributed by atoms with E-state index in [-0.39, 0.29) is 11.3 Å². The van der Waals surface area contributed by atoms with Gasteiger partial charge in [0.15, 0.2) is 6.10 Å². The average molecular weight is 546 g/mol. The van der Waals surface area contributed by atoms with Crippen LogP contribution in [0, 0.1) is 16.0 Å². The molecule has 0 saturated carbocycles. The lowest BCUT2D eigenvalue weighted by Gasteiger charge is -2.32. The van der Waals surface area contributed by atoms with Crippen LogP contribution in [-0.2, 0) is 25.6 Å². The van der Waals surface area contributed by atoms with Crippen LogP contribution in [0.2, 0.25) is 0 Å². The zero-order chi connectivity index (χ0) is 28.8. The maximum atomic E-state index is 13.9. The lowest BCUT2D eigenvalue weighted by molar-refractivity contribution is -0.384. The van der Waals surface area contributed by atoms with Gasteiger partial charge in [-0.25, -0.2) is 4.79 Å². The van der Waals surface area contributed by atoms with Crippen molar-refractivity contribution in [2.75, 3.05) is 20.7 Å². The molecule has 4 rings (SSSR count). The summed E-state index contributed by atoms with van der Waals surface area (Å²) in [6.07, 6.45) is 0.733. The third kappa shape index (κ3) is 6.35. The van der Waals surface area contributed by atoms with E-state index in [1.54, 1.807) is 32.0 Å². The van der Waals surface area contributed by atoms with Crippen LogP contribution in [0.4, 0.5) is 5.69 Å². The Bertz CT molecular complexity index is 1430. The van der Waals surface area contributed by atoms with E-state index < -0.39 is 34.8 Å². The molecule has 0 aliphatic carbocycles. The summed E-state index contributed by atoms with van der Waals surface area (Å²) in [7, 11) is 3.16. The number of furan rings is 1. The zero-order valence-corrected chi connectivity index (χ0v) is 22.8. The summed E-state index contributed by atoms with van der Waals surface area (Å²) in [4.78, 5) is 44.4. The van der Waals surface area contributed by atoms with Crippen LogP contribution in [0.25, 0.3) is 0 Å². The number of allylic oxidation sites excluding steroid dienone is 1. The minimum absolute atomic E-state index is 0.128. The van der Waals surface area contributed by atoms with E-state index >= 15 is 0 Å². The van der Waals surface area contributed by atoms with Crippen molar-refractivity contribution < 1.29 is 28.4 Å². The van der Waals surface area contributed by atoms with Crippen LogP contribution in [0.3, 0.4) is 0 Å². The Labute approximate surface area is 232 Å². The summed E-state index contributed by atoms with van der Waals surface area (Å²) in [6, 6.07) is 19.2. The summed E-state index contributed by atoms with van der Waals surface area (Å²) in [5, 5.41) is 11.5. The minimum atomic E-state index is -0.971. The second kappa shape index (κ2) is 12.5. The fourth-order valence-electron chi connectivity index (χ4n) is 5.02. The summed E-state index contributed by atoms with van der Waals surface area (Å²) in [6.45, 7) is 4.26. The van der Waals surface area contributed by atoms with Gasteiger partial charge >= 0.3 is 11.9 Å². The molecule has 0 radical (unpaired) electrons. The van der Waals surface area contributed by atoms with E-state index in [9.17, 15) is 19.7 Å². The third-order valence-electron chi connectivity index (χ3n) is 6.83. The normalized spacial score (nSPS) is 17.8. The number of hydrogen-bond acceptors (Lipinski definition) is 9.